The molecule has 0 bridgehead atoms. The normalized spacial score (nSPS) is 9.75. The van der Waals surface area contributed by atoms with Crippen molar-refractivity contribution in [2.24, 2.45) is 0 Å². The molecule has 0 fully saturated rings. The van der Waals surface area contributed by atoms with Gasteiger partial charge in [-0.25, -0.2) is 0 Å². The van der Waals surface area contributed by atoms with E-state index >= 15 is 0 Å². The summed E-state index contributed by atoms with van der Waals surface area (Å²) in [5.41, 5.74) is 3.09. The molecule has 0 aromatic heterocycles. The van der Waals surface area contributed by atoms with Gasteiger partial charge in [0.1, 0.15) is 12.4 Å². The van der Waals surface area contributed by atoms with Crippen LogP contribution in [0.1, 0.15) is 16.7 Å². The summed E-state index contributed by atoms with van der Waals surface area (Å²) >= 11 is 11.5. The molecule has 0 aliphatic heterocycles. The van der Waals surface area contributed by atoms with Gasteiger partial charge < -0.3 is 4.74 Å². The van der Waals surface area contributed by atoms with E-state index < -0.39 is 0 Å². The van der Waals surface area contributed by atoms with Crippen molar-refractivity contribution in [1.29, 1.82) is 0 Å². The van der Waals surface area contributed by atoms with Gasteiger partial charge in [-0.1, -0.05) is 35.6 Å². The summed E-state index contributed by atoms with van der Waals surface area (Å²) in [6, 6.07) is 13.5. The summed E-state index contributed by atoms with van der Waals surface area (Å²) in [7, 11) is 0. The Hall–Kier alpha value is -1.62. The quantitative estimate of drug-likeness (QED) is 0.583. The first kappa shape index (κ1) is 14.8. The third kappa shape index (κ3) is 4.20. The molecule has 0 saturated carbocycles. The highest BCUT2D eigenvalue weighted by molar-refractivity contribution is 6.30. The molecule has 0 amide bonds. The molecule has 2 aromatic rings. The van der Waals surface area contributed by atoms with Gasteiger partial charge in [-0.3, -0.25) is 0 Å². The van der Waals surface area contributed by atoms with Crippen LogP contribution >= 0.6 is 23.2 Å². The predicted molar refractivity (Wildman–Crippen MR) is 84.6 cm³/mol. The van der Waals surface area contributed by atoms with Gasteiger partial charge in [0.05, 0.1) is 5.88 Å². The molecule has 2 rings (SSSR count). The number of rotatable bonds is 3. The van der Waals surface area contributed by atoms with Gasteiger partial charge in [-0.15, -0.1) is 11.6 Å². The number of hydrogen-bond donors (Lipinski definition) is 0. The SMILES string of the molecule is Cc1cc(OCc2cccc(Cl)c2)ccc1C#CCCl. The van der Waals surface area contributed by atoms with E-state index in [-0.39, 0.29) is 0 Å². The number of hydrogen-bond acceptors (Lipinski definition) is 1. The zero-order valence-corrected chi connectivity index (χ0v) is 12.6. The smallest absolute Gasteiger partial charge is 0.120 e. The summed E-state index contributed by atoms with van der Waals surface area (Å²) < 4.78 is 5.75. The summed E-state index contributed by atoms with van der Waals surface area (Å²) in [4.78, 5) is 0. The first-order chi connectivity index (χ1) is 9.69. The molecule has 0 saturated heterocycles. The van der Waals surface area contributed by atoms with Gasteiger partial charge in [0, 0.05) is 10.6 Å². The maximum Gasteiger partial charge on any atom is 0.120 e. The Morgan fingerprint density at radius 2 is 2.00 bits per heavy atom. The molecule has 0 atom stereocenters. The van der Waals surface area contributed by atoms with Crippen molar-refractivity contribution in [3.63, 3.8) is 0 Å². The van der Waals surface area contributed by atoms with E-state index in [0.717, 1.165) is 22.4 Å². The maximum absolute atomic E-state index is 5.94. The Labute approximate surface area is 129 Å². The summed E-state index contributed by atoms with van der Waals surface area (Å²) in [5.74, 6) is 7.02. The minimum atomic E-state index is 0.340. The first-order valence-electron chi connectivity index (χ1n) is 6.22. The van der Waals surface area contributed by atoms with Crippen molar-refractivity contribution in [3.05, 3.63) is 64.2 Å². The van der Waals surface area contributed by atoms with Gasteiger partial charge >= 0.3 is 0 Å². The van der Waals surface area contributed by atoms with E-state index in [1.165, 1.54) is 0 Å². The number of ether oxygens (including phenoxy) is 1. The maximum atomic E-state index is 5.94. The van der Waals surface area contributed by atoms with Crippen LogP contribution in [0.3, 0.4) is 0 Å². The molecule has 0 aliphatic carbocycles. The Kier molecular flexibility index (Phi) is 5.35. The van der Waals surface area contributed by atoms with Gasteiger partial charge in [0.15, 0.2) is 0 Å². The lowest BCUT2D eigenvalue weighted by molar-refractivity contribution is 0.306. The molecule has 2 aromatic carbocycles. The average Bonchev–Trinajstić information content (AvgIpc) is 2.44. The number of benzene rings is 2. The number of halogens is 2. The molecule has 0 N–H and O–H groups in total. The lowest BCUT2D eigenvalue weighted by Crippen LogP contribution is -1.96. The molecule has 3 heteroatoms. The minimum Gasteiger partial charge on any atom is -0.489 e. The minimum absolute atomic E-state index is 0.340. The van der Waals surface area contributed by atoms with Crippen molar-refractivity contribution < 1.29 is 4.74 Å². The Morgan fingerprint density at radius 1 is 1.15 bits per heavy atom. The summed E-state index contributed by atoms with van der Waals surface area (Å²) in [5, 5.41) is 0.717. The molecule has 102 valence electrons. The van der Waals surface area contributed by atoms with Crippen LogP contribution < -0.4 is 4.74 Å². The molecule has 0 aliphatic rings. The van der Waals surface area contributed by atoms with Crippen LogP contribution in [0.2, 0.25) is 5.02 Å². The third-order valence-corrected chi connectivity index (χ3v) is 3.15. The number of aryl methyl sites for hydroxylation is 1. The average molecular weight is 305 g/mol. The Morgan fingerprint density at radius 3 is 2.70 bits per heavy atom. The van der Waals surface area contributed by atoms with Gasteiger partial charge in [-0.2, -0.15) is 0 Å². The fourth-order valence-corrected chi connectivity index (χ4v) is 2.07. The largest absolute Gasteiger partial charge is 0.489 e. The molecule has 20 heavy (non-hydrogen) atoms. The van der Waals surface area contributed by atoms with E-state index in [1.54, 1.807) is 0 Å². The lowest BCUT2D eigenvalue weighted by Gasteiger charge is -2.08. The predicted octanol–water partition coefficient (Wildman–Crippen LogP) is 4.82. The molecule has 1 nitrogen and oxygen atoms in total. The van der Waals surface area contributed by atoms with Crippen molar-refractivity contribution in [2.75, 3.05) is 5.88 Å². The van der Waals surface area contributed by atoms with Crippen LogP contribution in [0.5, 0.6) is 5.75 Å². The topological polar surface area (TPSA) is 9.23 Å². The van der Waals surface area contributed by atoms with Crippen LogP contribution in [0, 0.1) is 18.8 Å². The monoisotopic (exact) mass is 304 g/mol. The van der Waals surface area contributed by atoms with Crippen molar-refractivity contribution in [1.82, 2.24) is 0 Å². The molecule has 0 heterocycles. The lowest BCUT2D eigenvalue weighted by atomic mass is 10.1. The first-order valence-corrected chi connectivity index (χ1v) is 7.13. The van der Waals surface area contributed by atoms with Gasteiger partial charge in [0.25, 0.3) is 0 Å². The van der Waals surface area contributed by atoms with Crippen LogP contribution in [0.15, 0.2) is 42.5 Å². The van der Waals surface area contributed by atoms with E-state index in [0.29, 0.717) is 17.5 Å². The highest BCUT2D eigenvalue weighted by atomic mass is 35.5. The van der Waals surface area contributed by atoms with Crippen molar-refractivity contribution in [3.8, 4) is 17.6 Å². The Bertz CT molecular complexity index is 654. The molecular weight excluding hydrogens is 291 g/mol. The molecule has 0 spiro atoms. The van der Waals surface area contributed by atoms with Crippen LogP contribution in [-0.2, 0) is 6.61 Å². The van der Waals surface area contributed by atoms with E-state index in [2.05, 4.69) is 11.8 Å². The van der Waals surface area contributed by atoms with Crippen LogP contribution in [0.25, 0.3) is 0 Å². The van der Waals surface area contributed by atoms with Gasteiger partial charge in [0.2, 0.25) is 0 Å². The van der Waals surface area contributed by atoms with Crippen molar-refractivity contribution >= 4 is 23.2 Å². The summed E-state index contributed by atoms with van der Waals surface area (Å²) in [6.45, 7) is 2.50. The second kappa shape index (κ2) is 7.24. The summed E-state index contributed by atoms with van der Waals surface area (Å²) in [6.07, 6.45) is 0. The standard InChI is InChI=1S/C17H14Cl2O/c1-13-10-17(8-7-15(13)5-3-9-18)20-12-14-4-2-6-16(19)11-14/h2,4,6-8,10-11H,9,12H2,1H3. The Balaban J connectivity index is 2.05. The second-order valence-corrected chi connectivity index (χ2v) is 5.03. The van der Waals surface area contributed by atoms with E-state index in [4.69, 9.17) is 27.9 Å². The number of alkyl halides is 1. The van der Waals surface area contributed by atoms with Crippen LogP contribution in [0.4, 0.5) is 0 Å². The zero-order chi connectivity index (χ0) is 14.4. The van der Waals surface area contributed by atoms with Crippen LogP contribution in [-0.4, -0.2) is 5.88 Å². The van der Waals surface area contributed by atoms with Crippen molar-refractivity contribution in [2.45, 2.75) is 13.5 Å². The van der Waals surface area contributed by atoms with Gasteiger partial charge in [-0.05, 0) is 48.4 Å². The molecule has 0 unspecified atom stereocenters. The molecular formula is C17H14Cl2O. The fourth-order valence-electron chi connectivity index (χ4n) is 1.79. The molecule has 0 radical (unpaired) electrons. The highest BCUT2D eigenvalue weighted by Gasteiger charge is 2.00. The highest BCUT2D eigenvalue weighted by Crippen LogP contribution is 2.19. The third-order valence-electron chi connectivity index (χ3n) is 2.78. The fraction of sp³-hybridized carbons (Fsp3) is 0.176. The van der Waals surface area contributed by atoms with E-state index in [1.807, 2.05) is 49.4 Å². The zero-order valence-electron chi connectivity index (χ0n) is 11.1. The second-order valence-electron chi connectivity index (χ2n) is 4.33. The van der Waals surface area contributed by atoms with E-state index in [9.17, 15) is 0 Å².